The summed E-state index contributed by atoms with van der Waals surface area (Å²) in [6, 6.07) is 13.5. The first-order valence-corrected chi connectivity index (χ1v) is 8.32. The minimum atomic E-state index is -0.851. The van der Waals surface area contributed by atoms with E-state index in [4.69, 9.17) is 14.6 Å². The van der Waals surface area contributed by atoms with Crippen molar-refractivity contribution in [3.63, 3.8) is 0 Å². The molecule has 0 bridgehead atoms. The van der Waals surface area contributed by atoms with Gasteiger partial charge in [-0.2, -0.15) is 0 Å². The summed E-state index contributed by atoms with van der Waals surface area (Å²) in [7, 11) is 0. The molecule has 0 aliphatic rings. The summed E-state index contributed by atoms with van der Waals surface area (Å²) in [4.78, 5) is 14.0. The Bertz CT molecular complexity index is 869. The minimum absolute atomic E-state index is 0.0136. The van der Waals surface area contributed by atoms with Crippen molar-refractivity contribution in [1.82, 2.24) is 4.98 Å². The van der Waals surface area contributed by atoms with Crippen LogP contribution in [0, 0.1) is 0 Å². The lowest BCUT2D eigenvalue weighted by Crippen LogP contribution is -1.99. The van der Waals surface area contributed by atoms with Gasteiger partial charge >= 0.3 is 5.97 Å². The van der Waals surface area contributed by atoms with E-state index in [-0.39, 0.29) is 6.42 Å². The molecule has 3 rings (SSSR count). The standard InChI is InChI=1S/C20H21NO4/c1-2-8-24-16-5-3-4-14(9-16)13-25-17-6-7-19-18(11-17)15(12-21-19)10-20(22)23/h3-7,9,11-12,21H,2,8,10,13H2,1H3,(H,22,23). The summed E-state index contributed by atoms with van der Waals surface area (Å²) < 4.78 is 11.5. The zero-order chi connectivity index (χ0) is 17.6. The number of nitrogens with one attached hydrogen (secondary N) is 1. The first kappa shape index (κ1) is 16.9. The van der Waals surface area contributed by atoms with E-state index in [0.29, 0.717) is 19.0 Å². The summed E-state index contributed by atoms with van der Waals surface area (Å²) >= 11 is 0. The van der Waals surface area contributed by atoms with E-state index in [1.807, 2.05) is 42.5 Å². The van der Waals surface area contributed by atoms with E-state index in [2.05, 4.69) is 11.9 Å². The fourth-order valence-corrected chi connectivity index (χ4v) is 2.67. The van der Waals surface area contributed by atoms with Crippen molar-refractivity contribution in [2.24, 2.45) is 0 Å². The van der Waals surface area contributed by atoms with Crippen LogP contribution in [0.2, 0.25) is 0 Å². The number of rotatable bonds is 8. The van der Waals surface area contributed by atoms with Crippen molar-refractivity contribution >= 4 is 16.9 Å². The monoisotopic (exact) mass is 339 g/mol. The Kier molecular flexibility index (Phi) is 5.23. The van der Waals surface area contributed by atoms with Crippen LogP contribution >= 0.6 is 0 Å². The molecule has 1 aromatic heterocycles. The SMILES string of the molecule is CCCOc1cccc(COc2ccc3[nH]cc(CC(=O)O)c3c2)c1. The van der Waals surface area contributed by atoms with Crippen LogP contribution in [0.3, 0.4) is 0 Å². The van der Waals surface area contributed by atoms with Gasteiger partial charge in [-0.3, -0.25) is 4.79 Å². The quantitative estimate of drug-likeness (QED) is 0.646. The topological polar surface area (TPSA) is 71.5 Å². The number of hydrogen-bond donors (Lipinski definition) is 2. The molecule has 130 valence electrons. The molecule has 0 radical (unpaired) electrons. The van der Waals surface area contributed by atoms with Gasteiger partial charge < -0.3 is 19.6 Å². The minimum Gasteiger partial charge on any atom is -0.494 e. The molecule has 2 aromatic carbocycles. The molecule has 0 aliphatic heterocycles. The maximum absolute atomic E-state index is 11.0. The molecule has 0 spiro atoms. The highest BCUT2D eigenvalue weighted by Crippen LogP contribution is 2.25. The molecule has 0 aliphatic carbocycles. The fraction of sp³-hybridized carbons (Fsp3) is 0.250. The Hall–Kier alpha value is -2.95. The first-order valence-electron chi connectivity index (χ1n) is 8.32. The van der Waals surface area contributed by atoms with Gasteiger partial charge in [0.05, 0.1) is 13.0 Å². The van der Waals surface area contributed by atoms with Gasteiger partial charge in [-0.1, -0.05) is 19.1 Å². The van der Waals surface area contributed by atoms with Gasteiger partial charge in [0.15, 0.2) is 0 Å². The molecular weight excluding hydrogens is 318 g/mol. The molecule has 0 saturated carbocycles. The number of carbonyl (C=O) groups is 1. The summed E-state index contributed by atoms with van der Waals surface area (Å²) in [5.41, 5.74) is 2.68. The van der Waals surface area contributed by atoms with Crippen LogP contribution in [0.4, 0.5) is 0 Å². The number of aliphatic carboxylic acids is 1. The van der Waals surface area contributed by atoms with Crippen LogP contribution in [0.1, 0.15) is 24.5 Å². The molecule has 0 unspecified atom stereocenters. The predicted octanol–water partition coefficient (Wildman–Crippen LogP) is 4.16. The van der Waals surface area contributed by atoms with Crippen molar-refractivity contribution in [3.8, 4) is 11.5 Å². The summed E-state index contributed by atoms with van der Waals surface area (Å²) in [6.07, 6.45) is 2.69. The fourth-order valence-electron chi connectivity index (χ4n) is 2.67. The highest BCUT2D eigenvalue weighted by atomic mass is 16.5. The van der Waals surface area contributed by atoms with Crippen LogP contribution in [0.5, 0.6) is 11.5 Å². The molecule has 1 heterocycles. The lowest BCUT2D eigenvalue weighted by Gasteiger charge is -2.09. The molecule has 0 amide bonds. The average Bonchev–Trinajstić information content (AvgIpc) is 3.00. The van der Waals surface area contributed by atoms with Crippen LogP contribution in [-0.4, -0.2) is 22.7 Å². The van der Waals surface area contributed by atoms with E-state index >= 15 is 0 Å². The molecule has 2 N–H and O–H groups in total. The largest absolute Gasteiger partial charge is 0.494 e. The zero-order valence-electron chi connectivity index (χ0n) is 14.1. The van der Waals surface area contributed by atoms with Crippen molar-refractivity contribution in [2.75, 3.05) is 6.61 Å². The van der Waals surface area contributed by atoms with Gasteiger partial charge in [0.2, 0.25) is 0 Å². The number of fused-ring (bicyclic) bond motifs is 1. The van der Waals surface area contributed by atoms with E-state index in [1.54, 1.807) is 6.20 Å². The molecule has 5 nitrogen and oxygen atoms in total. The van der Waals surface area contributed by atoms with Crippen molar-refractivity contribution in [2.45, 2.75) is 26.4 Å². The maximum Gasteiger partial charge on any atom is 0.307 e. The average molecular weight is 339 g/mol. The number of aromatic nitrogens is 1. The summed E-state index contributed by atoms with van der Waals surface area (Å²) in [5.74, 6) is 0.697. The van der Waals surface area contributed by atoms with Crippen molar-refractivity contribution < 1.29 is 19.4 Å². The van der Waals surface area contributed by atoms with Gasteiger partial charge in [0.25, 0.3) is 0 Å². The second-order valence-electron chi connectivity index (χ2n) is 5.88. The van der Waals surface area contributed by atoms with E-state index in [9.17, 15) is 4.79 Å². The van der Waals surface area contributed by atoms with Crippen LogP contribution in [0.25, 0.3) is 10.9 Å². The Morgan fingerprint density at radius 2 is 1.96 bits per heavy atom. The van der Waals surface area contributed by atoms with Crippen LogP contribution in [-0.2, 0) is 17.8 Å². The summed E-state index contributed by atoms with van der Waals surface area (Å²) in [5, 5.41) is 9.87. The third-order valence-electron chi connectivity index (χ3n) is 3.86. The lowest BCUT2D eigenvalue weighted by molar-refractivity contribution is -0.136. The molecule has 5 heteroatoms. The molecule has 0 saturated heterocycles. The normalized spacial score (nSPS) is 10.8. The number of ether oxygens (including phenoxy) is 2. The Labute approximate surface area is 146 Å². The maximum atomic E-state index is 11.0. The Balaban J connectivity index is 1.71. The number of benzene rings is 2. The molecular formula is C20H21NO4. The second-order valence-corrected chi connectivity index (χ2v) is 5.88. The Morgan fingerprint density at radius 1 is 1.12 bits per heavy atom. The van der Waals surface area contributed by atoms with E-state index in [0.717, 1.165) is 34.2 Å². The van der Waals surface area contributed by atoms with Gasteiger partial charge in [-0.15, -0.1) is 0 Å². The number of carboxylic acids is 1. The molecule has 0 atom stereocenters. The second kappa shape index (κ2) is 7.75. The van der Waals surface area contributed by atoms with Crippen molar-refractivity contribution in [1.29, 1.82) is 0 Å². The number of H-pyrrole nitrogens is 1. The third-order valence-corrected chi connectivity index (χ3v) is 3.86. The number of carboxylic acid groups (broad SMARTS) is 1. The van der Waals surface area contributed by atoms with Crippen LogP contribution < -0.4 is 9.47 Å². The van der Waals surface area contributed by atoms with Crippen molar-refractivity contribution in [3.05, 3.63) is 59.8 Å². The molecule has 25 heavy (non-hydrogen) atoms. The number of aromatic amines is 1. The zero-order valence-corrected chi connectivity index (χ0v) is 14.1. The molecule has 3 aromatic rings. The van der Waals surface area contributed by atoms with Gasteiger partial charge in [0.1, 0.15) is 18.1 Å². The third kappa shape index (κ3) is 4.32. The van der Waals surface area contributed by atoms with Gasteiger partial charge in [0, 0.05) is 17.1 Å². The van der Waals surface area contributed by atoms with Gasteiger partial charge in [-0.25, -0.2) is 0 Å². The van der Waals surface area contributed by atoms with E-state index < -0.39 is 5.97 Å². The molecule has 0 fully saturated rings. The van der Waals surface area contributed by atoms with E-state index in [1.165, 1.54) is 0 Å². The Morgan fingerprint density at radius 3 is 2.76 bits per heavy atom. The summed E-state index contributed by atoms with van der Waals surface area (Å²) in [6.45, 7) is 3.19. The lowest BCUT2D eigenvalue weighted by atomic mass is 10.1. The first-order chi connectivity index (χ1) is 12.2. The van der Waals surface area contributed by atoms with Crippen LogP contribution in [0.15, 0.2) is 48.7 Å². The highest BCUT2D eigenvalue weighted by molar-refractivity contribution is 5.87. The number of hydrogen-bond acceptors (Lipinski definition) is 3. The van der Waals surface area contributed by atoms with Gasteiger partial charge in [-0.05, 0) is 47.9 Å². The predicted molar refractivity (Wildman–Crippen MR) is 96.2 cm³/mol. The highest BCUT2D eigenvalue weighted by Gasteiger charge is 2.09. The smallest absolute Gasteiger partial charge is 0.307 e.